The van der Waals surface area contributed by atoms with Crippen molar-refractivity contribution < 1.29 is 17.9 Å². The monoisotopic (exact) mass is 318 g/mol. The standard InChI is InChI=1S/C13H10N4O4S/c1-22(18,19)12-8(5-14)11(16-13(15)17-12)7-2-3-9-10(4-7)21-6-20-9/h2-4H,6H2,1H3,(H2,15,16,17). The number of nitrogen functional groups attached to an aromatic ring is 1. The van der Waals surface area contributed by atoms with E-state index >= 15 is 0 Å². The van der Waals surface area contributed by atoms with E-state index in [1.165, 1.54) is 0 Å². The summed E-state index contributed by atoms with van der Waals surface area (Å²) in [6.45, 7) is 0.102. The average molecular weight is 318 g/mol. The molecule has 22 heavy (non-hydrogen) atoms. The van der Waals surface area contributed by atoms with Crippen LogP contribution in [0.1, 0.15) is 5.56 Å². The molecule has 2 N–H and O–H groups in total. The van der Waals surface area contributed by atoms with Crippen LogP contribution in [0.2, 0.25) is 0 Å². The minimum absolute atomic E-state index is 0.102. The summed E-state index contributed by atoms with van der Waals surface area (Å²) < 4.78 is 34.1. The van der Waals surface area contributed by atoms with Gasteiger partial charge in [0, 0.05) is 11.8 Å². The van der Waals surface area contributed by atoms with Gasteiger partial charge in [0.05, 0.1) is 5.69 Å². The number of benzene rings is 1. The lowest BCUT2D eigenvalue weighted by Gasteiger charge is -2.08. The number of nitriles is 1. The lowest BCUT2D eigenvalue weighted by Crippen LogP contribution is -2.10. The van der Waals surface area contributed by atoms with E-state index < -0.39 is 14.9 Å². The maximum absolute atomic E-state index is 11.8. The first kappa shape index (κ1) is 14.1. The molecule has 1 aliphatic heterocycles. The summed E-state index contributed by atoms with van der Waals surface area (Å²) in [6.07, 6.45) is 0.957. The fraction of sp³-hybridized carbons (Fsp3) is 0.154. The third-order valence-corrected chi connectivity index (χ3v) is 4.00. The van der Waals surface area contributed by atoms with Gasteiger partial charge >= 0.3 is 0 Å². The molecule has 0 bridgehead atoms. The van der Waals surface area contributed by atoms with Crippen molar-refractivity contribution in [3.8, 4) is 28.8 Å². The summed E-state index contributed by atoms with van der Waals surface area (Å²) in [5.41, 5.74) is 6.04. The minimum Gasteiger partial charge on any atom is -0.454 e. The lowest BCUT2D eigenvalue weighted by molar-refractivity contribution is 0.174. The van der Waals surface area contributed by atoms with Crippen molar-refractivity contribution in [2.75, 3.05) is 18.8 Å². The summed E-state index contributed by atoms with van der Waals surface area (Å²) in [6, 6.07) is 6.73. The van der Waals surface area contributed by atoms with Crippen molar-refractivity contribution in [2.45, 2.75) is 5.03 Å². The third kappa shape index (κ3) is 2.29. The van der Waals surface area contributed by atoms with Crippen molar-refractivity contribution in [2.24, 2.45) is 0 Å². The Bertz CT molecular complexity index is 918. The van der Waals surface area contributed by atoms with E-state index in [-0.39, 0.29) is 24.0 Å². The van der Waals surface area contributed by atoms with E-state index in [1.54, 1.807) is 18.2 Å². The van der Waals surface area contributed by atoms with E-state index in [1.807, 2.05) is 6.07 Å². The summed E-state index contributed by atoms with van der Waals surface area (Å²) >= 11 is 0. The van der Waals surface area contributed by atoms with Gasteiger partial charge in [0.25, 0.3) is 0 Å². The van der Waals surface area contributed by atoms with Gasteiger partial charge in [0.15, 0.2) is 26.4 Å². The number of aromatic nitrogens is 2. The highest BCUT2D eigenvalue weighted by atomic mass is 32.2. The van der Waals surface area contributed by atoms with Crippen molar-refractivity contribution in [3.05, 3.63) is 23.8 Å². The number of nitrogens with zero attached hydrogens (tertiary/aromatic N) is 3. The van der Waals surface area contributed by atoms with Gasteiger partial charge in [0.2, 0.25) is 12.7 Å². The smallest absolute Gasteiger partial charge is 0.231 e. The molecule has 0 amide bonds. The minimum atomic E-state index is -3.72. The van der Waals surface area contributed by atoms with Gasteiger partial charge < -0.3 is 15.2 Å². The van der Waals surface area contributed by atoms with E-state index in [4.69, 9.17) is 15.2 Å². The molecular weight excluding hydrogens is 308 g/mol. The molecule has 0 aliphatic carbocycles. The maximum atomic E-state index is 11.8. The van der Waals surface area contributed by atoms with Crippen LogP contribution in [0.25, 0.3) is 11.3 Å². The number of anilines is 1. The molecule has 0 saturated carbocycles. The van der Waals surface area contributed by atoms with Crippen LogP contribution in [0.5, 0.6) is 11.5 Å². The summed E-state index contributed by atoms with van der Waals surface area (Å²) in [5.74, 6) is 0.819. The molecule has 1 aromatic carbocycles. The number of sulfone groups is 1. The Hall–Kier alpha value is -2.86. The molecule has 2 aromatic rings. The Balaban J connectivity index is 2.28. The summed E-state index contributed by atoms with van der Waals surface area (Å²) in [7, 11) is -3.72. The van der Waals surface area contributed by atoms with Crippen LogP contribution in [0.15, 0.2) is 23.2 Å². The van der Waals surface area contributed by atoms with Crippen molar-refractivity contribution >= 4 is 15.8 Å². The van der Waals surface area contributed by atoms with Crippen LogP contribution in [0.3, 0.4) is 0 Å². The molecule has 0 spiro atoms. The van der Waals surface area contributed by atoms with Crippen LogP contribution >= 0.6 is 0 Å². The normalized spacial score (nSPS) is 12.9. The molecule has 3 rings (SSSR count). The van der Waals surface area contributed by atoms with Gasteiger partial charge in [-0.25, -0.2) is 18.4 Å². The number of ether oxygens (including phenoxy) is 2. The first-order valence-corrected chi connectivity index (χ1v) is 7.97. The fourth-order valence-corrected chi connectivity index (χ4v) is 2.85. The first-order valence-electron chi connectivity index (χ1n) is 6.08. The number of fused-ring (bicyclic) bond motifs is 1. The van der Waals surface area contributed by atoms with Gasteiger partial charge in [-0.3, -0.25) is 0 Å². The molecule has 2 heterocycles. The Labute approximate surface area is 126 Å². The van der Waals surface area contributed by atoms with E-state index in [0.717, 1.165) is 6.26 Å². The summed E-state index contributed by atoms with van der Waals surface area (Å²) in [4.78, 5) is 7.67. The molecular formula is C13H10N4O4S. The average Bonchev–Trinajstić information content (AvgIpc) is 2.92. The number of nitrogens with two attached hydrogens (primary N) is 1. The van der Waals surface area contributed by atoms with Gasteiger partial charge in [-0.15, -0.1) is 0 Å². The molecule has 112 valence electrons. The van der Waals surface area contributed by atoms with Gasteiger partial charge in [-0.1, -0.05) is 0 Å². The molecule has 8 nitrogen and oxygen atoms in total. The van der Waals surface area contributed by atoms with E-state index in [2.05, 4.69) is 9.97 Å². The van der Waals surface area contributed by atoms with Crippen molar-refractivity contribution in [1.29, 1.82) is 5.26 Å². The predicted molar refractivity (Wildman–Crippen MR) is 75.8 cm³/mol. The zero-order valence-corrected chi connectivity index (χ0v) is 12.2. The second-order valence-corrected chi connectivity index (χ2v) is 6.49. The predicted octanol–water partition coefficient (Wildman–Crippen LogP) is 0.730. The number of rotatable bonds is 2. The maximum Gasteiger partial charge on any atom is 0.231 e. The second kappa shape index (κ2) is 4.85. The highest BCUT2D eigenvalue weighted by Gasteiger charge is 2.23. The topological polar surface area (TPSA) is 128 Å². The molecule has 1 aliphatic rings. The molecule has 0 fully saturated rings. The third-order valence-electron chi connectivity index (χ3n) is 3.00. The molecule has 0 radical (unpaired) electrons. The molecule has 0 atom stereocenters. The zero-order chi connectivity index (χ0) is 15.9. The Morgan fingerprint density at radius 2 is 2.00 bits per heavy atom. The van der Waals surface area contributed by atoms with Crippen LogP contribution in [-0.2, 0) is 9.84 Å². The first-order chi connectivity index (χ1) is 10.4. The van der Waals surface area contributed by atoms with Gasteiger partial charge in [-0.2, -0.15) is 5.26 Å². The van der Waals surface area contributed by atoms with E-state index in [9.17, 15) is 13.7 Å². The largest absolute Gasteiger partial charge is 0.454 e. The second-order valence-electron chi connectivity index (χ2n) is 4.56. The highest BCUT2D eigenvalue weighted by molar-refractivity contribution is 7.90. The molecule has 0 unspecified atom stereocenters. The van der Waals surface area contributed by atoms with Crippen molar-refractivity contribution in [3.63, 3.8) is 0 Å². The Morgan fingerprint density at radius 3 is 2.68 bits per heavy atom. The van der Waals surface area contributed by atoms with Crippen LogP contribution in [0, 0.1) is 11.3 Å². The lowest BCUT2D eigenvalue weighted by atomic mass is 10.1. The molecule has 9 heteroatoms. The Kier molecular flexibility index (Phi) is 3.11. The van der Waals surface area contributed by atoms with Gasteiger partial charge in [0.1, 0.15) is 11.6 Å². The quantitative estimate of drug-likeness (QED) is 0.802. The van der Waals surface area contributed by atoms with Crippen LogP contribution < -0.4 is 15.2 Å². The van der Waals surface area contributed by atoms with Crippen LogP contribution in [-0.4, -0.2) is 31.4 Å². The van der Waals surface area contributed by atoms with Gasteiger partial charge in [-0.05, 0) is 18.2 Å². The fourth-order valence-electron chi connectivity index (χ4n) is 2.08. The van der Waals surface area contributed by atoms with Crippen LogP contribution in [0.4, 0.5) is 5.95 Å². The number of hydrogen-bond donors (Lipinski definition) is 1. The highest BCUT2D eigenvalue weighted by Crippen LogP contribution is 2.37. The molecule has 1 aromatic heterocycles. The SMILES string of the molecule is CS(=O)(=O)c1nc(N)nc(-c2ccc3c(c2)OCO3)c1C#N. The van der Waals surface area contributed by atoms with Crippen molar-refractivity contribution in [1.82, 2.24) is 9.97 Å². The Morgan fingerprint density at radius 1 is 1.27 bits per heavy atom. The van der Waals surface area contributed by atoms with E-state index in [0.29, 0.717) is 17.1 Å². The molecule has 0 saturated heterocycles. The number of hydrogen-bond acceptors (Lipinski definition) is 8. The summed E-state index contributed by atoms with van der Waals surface area (Å²) in [5, 5.41) is 8.92. The zero-order valence-electron chi connectivity index (χ0n) is 11.4.